The number of rotatable bonds is 5. The van der Waals surface area contributed by atoms with Gasteiger partial charge >= 0.3 is 5.97 Å². The van der Waals surface area contributed by atoms with Crippen LogP contribution in [0.2, 0.25) is 0 Å². The number of esters is 1. The molecule has 9 heteroatoms. The van der Waals surface area contributed by atoms with E-state index < -0.39 is 29.2 Å². The summed E-state index contributed by atoms with van der Waals surface area (Å²) in [7, 11) is 1.27. The number of amides is 1. The highest BCUT2D eigenvalue weighted by molar-refractivity contribution is 6.03. The molecule has 0 aliphatic carbocycles. The zero-order chi connectivity index (χ0) is 20.1. The van der Waals surface area contributed by atoms with E-state index in [1.807, 2.05) is 0 Å². The van der Waals surface area contributed by atoms with E-state index in [0.29, 0.717) is 11.3 Å². The van der Waals surface area contributed by atoms with Crippen molar-refractivity contribution in [2.75, 3.05) is 17.7 Å². The van der Waals surface area contributed by atoms with Crippen LogP contribution in [0.3, 0.4) is 0 Å². The molecule has 0 bridgehead atoms. The lowest BCUT2D eigenvalue weighted by atomic mass is 10.2. The average Bonchev–Trinajstić information content (AvgIpc) is 2.70. The fraction of sp³-hybridized carbons (Fsp3) is 0.0526. The molecule has 2 N–H and O–H groups in total. The molecule has 0 aliphatic rings. The van der Waals surface area contributed by atoms with Gasteiger partial charge in [-0.15, -0.1) is 0 Å². The number of benzene rings is 2. The van der Waals surface area contributed by atoms with Crippen LogP contribution in [0.1, 0.15) is 20.8 Å². The molecule has 0 saturated heterocycles. The van der Waals surface area contributed by atoms with Crippen molar-refractivity contribution in [2.45, 2.75) is 0 Å². The lowest BCUT2D eigenvalue weighted by Crippen LogP contribution is -2.16. The second kappa shape index (κ2) is 8.21. The minimum atomic E-state index is -0.902. The number of nitrogens with one attached hydrogen (secondary N) is 2. The molecule has 7 nitrogen and oxygen atoms in total. The third-order valence-corrected chi connectivity index (χ3v) is 3.63. The van der Waals surface area contributed by atoms with Gasteiger partial charge in [-0.2, -0.15) is 0 Å². The molecule has 0 saturated carbocycles. The van der Waals surface area contributed by atoms with E-state index >= 15 is 0 Å². The number of carbonyl (C=O) groups excluding carboxylic acids is 2. The Bertz CT molecular complexity index is 1020. The summed E-state index contributed by atoms with van der Waals surface area (Å²) in [6, 6.07) is 10.9. The molecule has 1 heterocycles. The molecule has 0 spiro atoms. The maximum Gasteiger partial charge on any atom is 0.337 e. The van der Waals surface area contributed by atoms with Crippen LogP contribution in [0.4, 0.5) is 26.1 Å². The first-order valence-corrected chi connectivity index (χ1v) is 8.01. The quantitative estimate of drug-likeness (QED) is 0.654. The van der Waals surface area contributed by atoms with Crippen molar-refractivity contribution in [3.63, 3.8) is 0 Å². The number of ether oxygens (including phenoxy) is 1. The van der Waals surface area contributed by atoms with Gasteiger partial charge in [0.15, 0.2) is 0 Å². The first-order chi connectivity index (χ1) is 13.5. The van der Waals surface area contributed by atoms with Gasteiger partial charge in [-0.3, -0.25) is 4.79 Å². The minimum absolute atomic E-state index is 0.0590. The molecule has 0 unspecified atom stereocenters. The van der Waals surface area contributed by atoms with Crippen molar-refractivity contribution in [1.82, 2.24) is 9.97 Å². The molecule has 28 heavy (non-hydrogen) atoms. The molecule has 0 aliphatic heterocycles. The number of carbonyl (C=O) groups is 2. The molecule has 3 aromatic rings. The Morgan fingerprint density at radius 1 is 1.04 bits per heavy atom. The van der Waals surface area contributed by atoms with Gasteiger partial charge in [0.25, 0.3) is 5.91 Å². The highest BCUT2D eigenvalue weighted by Gasteiger charge is 2.15. The summed E-state index contributed by atoms with van der Waals surface area (Å²) in [5, 5.41) is 5.00. The van der Waals surface area contributed by atoms with Gasteiger partial charge in [0.2, 0.25) is 5.95 Å². The molecule has 2 aromatic carbocycles. The monoisotopic (exact) mass is 384 g/mol. The summed E-state index contributed by atoms with van der Waals surface area (Å²) in [5.74, 6) is -3.06. The SMILES string of the molecule is COC(=O)c1cccc(Nc2nccc(C(=O)Nc3c(F)cccc3F)n2)c1. The van der Waals surface area contributed by atoms with Crippen molar-refractivity contribution in [1.29, 1.82) is 0 Å². The van der Waals surface area contributed by atoms with Gasteiger partial charge in [-0.25, -0.2) is 23.5 Å². The van der Waals surface area contributed by atoms with E-state index in [9.17, 15) is 18.4 Å². The van der Waals surface area contributed by atoms with Gasteiger partial charge in [0.05, 0.1) is 12.7 Å². The Morgan fingerprint density at radius 2 is 1.75 bits per heavy atom. The van der Waals surface area contributed by atoms with E-state index in [1.165, 1.54) is 31.5 Å². The fourth-order valence-corrected chi connectivity index (χ4v) is 2.31. The first-order valence-electron chi connectivity index (χ1n) is 8.01. The van der Waals surface area contributed by atoms with Gasteiger partial charge in [-0.1, -0.05) is 12.1 Å². The number of methoxy groups -OCH3 is 1. The molecule has 142 valence electrons. The molecule has 3 rings (SSSR count). The Balaban J connectivity index is 1.79. The van der Waals surface area contributed by atoms with Crippen LogP contribution < -0.4 is 10.6 Å². The average molecular weight is 384 g/mol. The molecular formula is C19H14F2N4O3. The number of anilines is 3. The number of halogens is 2. The van der Waals surface area contributed by atoms with E-state index in [2.05, 4.69) is 25.3 Å². The van der Waals surface area contributed by atoms with Crippen LogP contribution in [0, 0.1) is 11.6 Å². The van der Waals surface area contributed by atoms with Gasteiger partial charge < -0.3 is 15.4 Å². The Morgan fingerprint density at radius 3 is 2.46 bits per heavy atom. The molecular weight excluding hydrogens is 370 g/mol. The highest BCUT2D eigenvalue weighted by atomic mass is 19.1. The second-order valence-corrected chi connectivity index (χ2v) is 5.51. The summed E-state index contributed by atoms with van der Waals surface area (Å²) in [5.41, 5.74) is 0.132. The number of hydrogen-bond acceptors (Lipinski definition) is 6. The Labute approximate surface area is 158 Å². The van der Waals surface area contributed by atoms with Crippen molar-refractivity contribution in [3.05, 3.63) is 77.6 Å². The van der Waals surface area contributed by atoms with E-state index in [-0.39, 0.29) is 11.6 Å². The third kappa shape index (κ3) is 4.26. The Kier molecular flexibility index (Phi) is 5.54. The second-order valence-electron chi connectivity index (χ2n) is 5.51. The lowest BCUT2D eigenvalue weighted by molar-refractivity contribution is 0.0600. The standard InChI is InChI=1S/C19H14F2N4O3/c1-28-18(27)11-4-2-5-12(10-11)23-19-22-9-8-15(24-19)17(26)25-16-13(20)6-3-7-14(16)21/h2-10H,1H3,(H,25,26)(H,22,23,24). The zero-order valence-electron chi connectivity index (χ0n) is 14.6. The Hall–Kier alpha value is -3.88. The number of para-hydroxylation sites is 1. The zero-order valence-corrected chi connectivity index (χ0v) is 14.6. The van der Waals surface area contributed by atoms with Gasteiger partial charge in [0.1, 0.15) is 23.0 Å². The summed E-state index contributed by atoms with van der Waals surface area (Å²) >= 11 is 0. The summed E-state index contributed by atoms with van der Waals surface area (Å²) in [6.45, 7) is 0. The normalized spacial score (nSPS) is 10.2. The lowest BCUT2D eigenvalue weighted by Gasteiger charge is -2.09. The number of nitrogens with zero attached hydrogens (tertiary/aromatic N) is 2. The van der Waals surface area contributed by atoms with Crippen LogP contribution >= 0.6 is 0 Å². The van der Waals surface area contributed by atoms with Crippen LogP contribution in [-0.2, 0) is 4.74 Å². The molecule has 0 atom stereocenters. The van der Waals surface area contributed by atoms with Gasteiger partial charge in [-0.05, 0) is 36.4 Å². The largest absolute Gasteiger partial charge is 0.465 e. The predicted molar refractivity (Wildman–Crippen MR) is 97.4 cm³/mol. The van der Waals surface area contributed by atoms with Crippen molar-refractivity contribution in [3.8, 4) is 0 Å². The van der Waals surface area contributed by atoms with E-state index in [4.69, 9.17) is 0 Å². The highest BCUT2D eigenvalue weighted by Crippen LogP contribution is 2.19. The minimum Gasteiger partial charge on any atom is -0.465 e. The van der Waals surface area contributed by atoms with Crippen LogP contribution in [-0.4, -0.2) is 29.0 Å². The third-order valence-electron chi connectivity index (χ3n) is 3.63. The van der Waals surface area contributed by atoms with Crippen LogP contribution in [0.15, 0.2) is 54.7 Å². The predicted octanol–water partition coefficient (Wildman–Crippen LogP) is 3.54. The van der Waals surface area contributed by atoms with Crippen molar-refractivity contribution >= 4 is 29.2 Å². The first kappa shape index (κ1) is 18.9. The molecule has 0 radical (unpaired) electrons. The van der Waals surface area contributed by atoms with E-state index in [1.54, 1.807) is 18.2 Å². The van der Waals surface area contributed by atoms with Crippen LogP contribution in [0.5, 0.6) is 0 Å². The van der Waals surface area contributed by atoms with Crippen LogP contribution in [0.25, 0.3) is 0 Å². The van der Waals surface area contributed by atoms with Crippen molar-refractivity contribution < 1.29 is 23.1 Å². The molecule has 1 amide bonds. The summed E-state index contributed by atoms with van der Waals surface area (Å²) in [4.78, 5) is 31.9. The van der Waals surface area contributed by atoms with E-state index in [0.717, 1.165) is 12.1 Å². The molecule has 0 fully saturated rings. The summed E-state index contributed by atoms with van der Waals surface area (Å²) < 4.78 is 32.0. The summed E-state index contributed by atoms with van der Waals surface area (Å²) in [6.07, 6.45) is 1.31. The maximum absolute atomic E-state index is 13.7. The smallest absolute Gasteiger partial charge is 0.337 e. The topological polar surface area (TPSA) is 93.2 Å². The number of aromatic nitrogens is 2. The fourth-order valence-electron chi connectivity index (χ4n) is 2.31. The molecule has 1 aromatic heterocycles. The number of hydrogen-bond donors (Lipinski definition) is 2. The maximum atomic E-state index is 13.7. The van der Waals surface area contributed by atoms with Gasteiger partial charge in [0, 0.05) is 11.9 Å². The van der Waals surface area contributed by atoms with Crippen molar-refractivity contribution in [2.24, 2.45) is 0 Å².